The molecule has 2 aliphatic heterocycles. The van der Waals surface area contributed by atoms with Gasteiger partial charge in [0.2, 0.25) is 6.41 Å². The van der Waals surface area contributed by atoms with Gasteiger partial charge in [0.1, 0.15) is 0 Å². The van der Waals surface area contributed by atoms with E-state index < -0.39 is 18.0 Å². The predicted octanol–water partition coefficient (Wildman–Crippen LogP) is 4.34. The van der Waals surface area contributed by atoms with Gasteiger partial charge in [-0.2, -0.15) is 0 Å². The lowest BCUT2D eigenvalue weighted by atomic mass is 9.90. The van der Waals surface area contributed by atoms with Gasteiger partial charge in [-0.05, 0) is 80.2 Å². The molecule has 2 fully saturated rings. The van der Waals surface area contributed by atoms with Crippen LogP contribution in [0.2, 0.25) is 5.02 Å². The highest BCUT2D eigenvalue weighted by Crippen LogP contribution is 2.44. The minimum atomic E-state index is -0.950. The second kappa shape index (κ2) is 13.8. The van der Waals surface area contributed by atoms with Crippen molar-refractivity contribution in [3.05, 3.63) is 82.2 Å². The van der Waals surface area contributed by atoms with Crippen LogP contribution in [0.25, 0.3) is 11.6 Å². The van der Waals surface area contributed by atoms with Gasteiger partial charge < -0.3 is 29.8 Å². The summed E-state index contributed by atoms with van der Waals surface area (Å²) in [6, 6.07) is 8.98. The number of benzene rings is 1. The van der Waals surface area contributed by atoms with Crippen molar-refractivity contribution in [2.24, 2.45) is 7.05 Å². The van der Waals surface area contributed by atoms with Crippen LogP contribution >= 0.6 is 11.6 Å². The number of aliphatic hydroxyl groups excluding tert-OH is 1. The number of halogens is 1. The van der Waals surface area contributed by atoms with Gasteiger partial charge in [0, 0.05) is 63.2 Å². The summed E-state index contributed by atoms with van der Waals surface area (Å²) in [6.07, 6.45) is 8.11. The number of amides is 2. The molecule has 0 radical (unpaired) electrons. The number of nitrogens with zero attached hydrogens (tertiary/aromatic N) is 5. The van der Waals surface area contributed by atoms with E-state index in [1.807, 2.05) is 61.7 Å². The Kier molecular flexibility index (Phi) is 9.79. The maximum absolute atomic E-state index is 13.4. The molecule has 2 amide bonds. The molecule has 0 bridgehead atoms. The summed E-state index contributed by atoms with van der Waals surface area (Å²) in [5.41, 5.74) is 5.17. The fourth-order valence-corrected chi connectivity index (χ4v) is 6.72. The van der Waals surface area contributed by atoms with Crippen LogP contribution in [0.15, 0.2) is 49.1 Å². The summed E-state index contributed by atoms with van der Waals surface area (Å²) < 4.78 is 13.4. The van der Waals surface area contributed by atoms with Crippen molar-refractivity contribution in [2.45, 2.75) is 63.8 Å². The van der Waals surface area contributed by atoms with Crippen LogP contribution in [0.3, 0.4) is 0 Å². The third-order valence-corrected chi connectivity index (χ3v) is 9.03. The first kappa shape index (κ1) is 32.6. The van der Waals surface area contributed by atoms with Crippen molar-refractivity contribution >= 4 is 29.3 Å². The fourth-order valence-electron chi connectivity index (χ4n) is 6.55. The SMILES string of the molecule is Cn1cncc1C(NC(=O)NC(C)(C)C)C1=Cc2cccnc2[C@@H](N2CCN(C(O)OC3CCOCC3)CC2)c2ccc(Cl)cc21. The number of rotatable bonds is 7. The molecule has 2 saturated heterocycles. The summed E-state index contributed by atoms with van der Waals surface area (Å²) in [6.45, 7) is 9.86. The van der Waals surface area contributed by atoms with Gasteiger partial charge in [0.25, 0.3) is 0 Å². The number of ether oxygens (including phenoxy) is 2. The summed E-state index contributed by atoms with van der Waals surface area (Å²) in [7, 11) is 1.92. The van der Waals surface area contributed by atoms with Crippen molar-refractivity contribution in [1.82, 2.24) is 35.0 Å². The average Bonchev–Trinajstić information content (AvgIpc) is 3.39. The number of hydrogen-bond donors (Lipinski definition) is 3. The van der Waals surface area contributed by atoms with Crippen LogP contribution in [0.1, 0.15) is 73.8 Å². The lowest BCUT2D eigenvalue weighted by Gasteiger charge is -2.41. The Morgan fingerprint density at radius 1 is 1.15 bits per heavy atom. The van der Waals surface area contributed by atoms with Gasteiger partial charge in [0.15, 0.2) is 0 Å². The first-order valence-electron chi connectivity index (χ1n) is 16.0. The largest absolute Gasteiger partial charge is 0.381 e. The van der Waals surface area contributed by atoms with E-state index in [1.165, 1.54) is 0 Å². The number of carbonyl (C=O) groups excluding carboxylic acids is 1. The van der Waals surface area contributed by atoms with Crippen molar-refractivity contribution in [1.29, 1.82) is 0 Å². The quantitative estimate of drug-likeness (QED) is 0.324. The van der Waals surface area contributed by atoms with Crippen LogP contribution in [-0.4, -0.2) is 92.9 Å². The molecular weight excluding hydrogens is 606 g/mol. The lowest BCUT2D eigenvalue weighted by molar-refractivity contribution is -0.234. The molecule has 11 nitrogen and oxygen atoms in total. The number of aliphatic hydroxyl groups is 1. The van der Waals surface area contributed by atoms with Crippen LogP contribution in [-0.2, 0) is 16.5 Å². The summed E-state index contributed by atoms with van der Waals surface area (Å²) in [5, 5.41) is 17.8. The molecule has 6 rings (SSSR count). The zero-order chi connectivity index (χ0) is 32.4. The Morgan fingerprint density at radius 2 is 1.91 bits per heavy atom. The second-order valence-corrected chi connectivity index (χ2v) is 13.7. The number of carbonyl (C=O) groups is 1. The monoisotopic (exact) mass is 649 g/mol. The molecule has 2 aromatic heterocycles. The maximum Gasteiger partial charge on any atom is 0.315 e. The molecule has 3 N–H and O–H groups in total. The highest BCUT2D eigenvalue weighted by atomic mass is 35.5. The Morgan fingerprint density at radius 3 is 2.61 bits per heavy atom. The number of aryl methyl sites for hydroxylation is 1. The number of imidazole rings is 1. The van der Waals surface area contributed by atoms with Gasteiger partial charge in [-0.25, -0.2) is 9.78 Å². The maximum atomic E-state index is 13.4. The van der Waals surface area contributed by atoms with Gasteiger partial charge in [0.05, 0.1) is 42.1 Å². The summed E-state index contributed by atoms with van der Waals surface area (Å²) in [4.78, 5) is 27.1. The Balaban J connectivity index is 1.35. The van der Waals surface area contributed by atoms with E-state index in [4.69, 9.17) is 26.1 Å². The third-order valence-electron chi connectivity index (χ3n) is 8.80. The van der Waals surface area contributed by atoms with Crippen LogP contribution in [0.4, 0.5) is 4.79 Å². The van der Waals surface area contributed by atoms with Gasteiger partial charge in [-0.3, -0.25) is 14.8 Å². The number of pyridine rings is 1. The molecule has 1 aliphatic carbocycles. The van der Waals surface area contributed by atoms with Crippen molar-refractivity contribution in [2.75, 3.05) is 39.4 Å². The van der Waals surface area contributed by atoms with Crippen molar-refractivity contribution in [3.63, 3.8) is 0 Å². The van der Waals surface area contributed by atoms with Gasteiger partial charge in [-0.15, -0.1) is 0 Å². The Bertz CT molecular complexity index is 1560. The molecule has 1 aromatic carbocycles. The molecule has 0 saturated carbocycles. The van der Waals surface area contributed by atoms with E-state index in [1.54, 1.807) is 12.5 Å². The van der Waals surface area contributed by atoms with E-state index in [-0.39, 0.29) is 18.2 Å². The predicted molar refractivity (Wildman–Crippen MR) is 177 cm³/mol. The van der Waals surface area contributed by atoms with Gasteiger partial charge in [-0.1, -0.05) is 23.7 Å². The Hall–Kier alpha value is -3.32. The number of nitrogens with one attached hydrogen (secondary N) is 2. The van der Waals surface area contributed by atoms with Crippen molar-refractivity contribution in [3.8, 4) is 0 Å². The topological polar surface area (TPSA) is 117 Å². The summed E-state index contributed by atoms with van der Waals surface area (Å²) >= 11 is 6.70. The van der Waals surface area contributed by atoms with E-state index >= 15 is 0 Å². The molecule has 3 aromatic rings. The fraction of sp³-hybridized carbons (Fsp3) is 0.500. The molecule has 2 unspecified atom stereocenters. The van der Waals surface area contributed by atoms with Crippen LogP contribution < -0.4 is 10.6 Å². The van der Waals surface area contributed by atoms with Crippen LogP contribution in [0, 0.1) is 0 Å². The smallest absolute Gasteiger partial charge is 0.315 e. The number of piperazine rings is 1. The number of aromatic nitrogens is 3. The highest BCUT2D eigenvalue weighted by Gasteiger charge is 2.37. The Labute approximate surface area is 275 Å². The number of fused-ring (bicyclic) bond motifs is 2. The van der Waals surface area contributed by atoms with Gasteiger partial charge >= 0.3 is 6.03 Å². The number of hydrogen-bond acceptors (Lipinski definition) is 8. The zero-order valence-corrected chi connectivity index (χ0v) is 27.7. The molecule has 3 aliphatic rings. The van der Waals surface area contributed by atoms with E-state index in [2.05, 4.69) is 38.7 Å². The molecule has 0 spiro atoms. The molecule has 3 atom stereocenters. The van der Waals surface area contributed by atoms with E-state index in [0.717, 1.165) is 46.5 Å². The molecule has 46 heavy (non-hydrogen) atoms. The standard InChI is InChI=1S/C34H44ClN7O4/c1-34(2,3)39-32(43)38-30(28-20-36-21-40(28)4)27-18-22-6-5-11-37-29(22)31(25-8-7-23(35)19-26(25)27)41-12-14-42(15-13-41)33(44)46-24-9-16-45-17-10-24/h5-8,11,18-21,24,30-31,33,44H,9-10,12-17H2,1-4H3,(H2,38,39,43)/t30?,31-,33?/m0/s1. The normalized spacial score (nSPS) is 21.0. The minimum Gasteiger partial charge on any atom is -0.381 e. The molecule has 246 valence electrons. The molecular formula is C34H44ClN7O4. The molecule has 4 heterocycles. The van der Waals surface area contributed by atoms with E-state index in [9.17, 15) is 9.90 Å². The first-order valence-corrected chi connectivity index (χ1v) is 16.4. The first-order chi connectivity index (χ1) is 22.1. The lowest BCUT2D eigenvalue weighted by Crippen LogP contribution is -2.53. The van der Waals surface area contributed by atoms with Crippen molar-refractivity contribution < 1.29 is 19.4 Å². The minimum absolute atomic E-state index is 0.00676. The molecule has 12 heteroatoms. The van der Waals surface area contributed by atoms with Crippen LogP contribution in [0.5, 0.6) is 0 Å². The second-order valence-electron chi connectivity index (χ2n) is 13.3. The van der Waals surface area contributed by atoms with E-state index in [0.29, 0.717) is 44.4 Å². The third kappa shape index (κ3) is 7.30. The zero-order valence-electron chi connectivity index (χ0n) is 26.9. The number of urea groups is 1. The highest BCUT2D eigenvalue weighted by molar-refractivity contribution is 6.30. The average molecular weight is 650 g/mol. The summed E-state index contributed by atoms with van der Waals surface area (Å²) in [5.74, 6) is 0.